The van der Waals surface area contributed by atoms with Crippen molar-refractivity contribution < 1.29 is 9.53 Å². The minimum atomic E-state index is -0.132. The lowest BCUT2D eigenvalue weighted by molar-refractivity contribution is 0.0938. The van der Waals surface area contributed by atoms with E-state index in [2.05, 4.69) is 18.9 Å². The van der Waals surface area contributed by atoms with Crippen molar-refractivity contribution in [1.82, 2.24) is 9.78 Å². The van der Waals surface area contributed by atoms with Gasteiger partial charge in [-0.25, -0.2) is 4.68 Å². The highest BCUT2D eigenvalue weighted by atomic mass is 16.5. The fourth-order valence-electron chi connectivity index (χ4n) is 2.67. The van der Waals surface area contributed by atoms with Crippen molar-refractivity contribution in [2.75, 3.05) is 6.61 Å². The third-order valence-corrected chi connectivity index (χ3v) is 3.83. The second kappa shape index (κ2) is 7.44. The van der Waals surface area contributed by atoms with E-state index in [9.17, 15) is 4.79 Å². The number of carbonyl (C=O) groups excluding carboxylic acids is 1. The molecule has 0 N–H and O–H groups in total. The smallest absolute Gasteiger partial charge is 0.282 e. The minimum Gasteiger partial charge on any atom is -0.493 e. The van der Waals surface area contributed by atoms with Crippen LogP contribution in [0, 0.1) is 19.8 Å². The van der Waals surface area contributed by atoms with Gasteiger partial charge in [0.2, 0.25) is 0 Å². The Bertz CT molecular complexity index is 687. The van der Waals surface area contributed by atoms with Crippen LogP contribution in [0.2, 0.25) is 0 Å². The number of aryl methyl sites for hydroxylation is 1. The van der Waals surface area contributed by atoms with Gasteiger partial charge in [0, 0.05) is 5.69 Å². The molecule has 4 nitrogen and oxygen atoms in total. The summed E-state index contributed by atoms with van der Waals surface area (Å²) in [5.74, 6) is 1.02. The number of ether oxygens (including phenoxy) is 1. The molecule has 1 heterocycles. The predicted molar refractivity (Wildman–Crippen MR) is 92.2 cm³/mol. The van der Waals surface area contributed by atoms with Crippen molar-refractivity contribution in [2.24, 2.45) is 5.92 Å². The number of hydrogen-bond donors (Lipinski definition) is 0. The monoisotopic (exact) mass is 314 g/mol. The van der Waals surface area contributed by atoms with Gasteiger partial charge in [-0.05, 0) is 50.3 Å². The summed E-state index contributed by atoms with van der Waals surface area (Å²) < 4.78 is 7.22. The summed E-state index contributed by atoms with van der Waals surface area (Å²) in [7, 11) is 0. The first-order valence-electron chi connectivity index (χ1n) is 8.27. The Morgan fingerprint density at radius 2 is 1.96 bits per heavy atom. The Labute approximate surface area is 138 Å². The number of nitrogens with zero attached hydrogens (tertiary/aromatic N) is 2. The third-order valence-electron chi connectivity index (χ3n) is 3.83. The van der Waals surface area contributed by atoms with Gasteiger partial charge in [-0.3, -0.25) is 4.79 Å². The summed E-state index contributed by atoms with van der Waals surface area (Å²) in [6.07, 6.45) is 1.83. The molecule has 0 aliphatic rings. The zero-order chi connectivity index (χ0) is 17.0. The molecule has 4 heteroatoms. The largest absolute Gasteiger partial charge is 0.493 e. The molecule has 23 heavy (non-hydrogen) atoms. The zero-order valence-corrected chi connectivity index (χ0v) is 14.7. The SMILES string of the molecule is CCCOc1ccccc1C(=O)n1nc(C)c(CC(C)C)c1C. The molecule has 0 radical (unpaired) electrons. The van der Waals surface area contributed by atoms with Gasteiger partial charge < -0.3 is 4.74 Å². The van der Waals surface area contributed by atoms with Gasteiger partial charge in [0.1, 0.15) is 5.75 Å². The molecule has 2 rings (SSSR count). The Morgan fingerprint density at radius 3 is 2.61 bits per heavy atom. The average molecular weight is 314 g/mol. The highest BCUT2D eigenvalue weighted by Gasteiger charge is 2.20. The van der Waals surface area contributed by atoms with Crippen LogP contribution < -0.4 is 4.74 Å². The van der Waals surface area contributed by atoms with Crippen LogP contribution in [0.3, 0.4) is 0 Å². The maximum absolute atomic E-state index is 12.9. The molecule has 0 unspecified atom stereocenters. The van der Waals surface area contributed by atoms with Gasteiger partial charge in [0.15, 0.2) is 0 Å². The number of aromatic nitrogens is 2. The number of hydrogen-bond acceptors (Lipinski definition) is 3. The van der Waals surface area contributed by atoms with Crippen molar-refractivity contribution in [3.63, 3.8) is 0 Å². The summed E-state index contributed by atoms with van der Waals surface area (Å²) in [6, 6.07) is 7.37. The summed E-state index contributed by atoms with van der Waals surface area (Å²) in [5.41, 5.74) is 3.57. The Balaban J connectivity index is 2.38. The molecule has 1 aromatic heterocycles. The molecule has 0 amide bonds. The van der Waals surface area contributed by atoms with E-state index in [-0.39, 0.29) is 5.91 Å². The third kappa shape index (κ3) is 3.81. The second-order valence-corrected chi connectivity index (χ2v) is 6.31. The van der Waals surface area contributed by atoms with Crippen LogP contribution >= 0.6 is 0 Å². The highest BCUT2D eigenvalue weighted by Crippen LogP contribution is 2.23. The van der Waals surface area contributed by atoms with E-state index in [0.29, 0.717) is 23.8 Å². The standard InChI is InChI=1S/C19H26N2O2/c1-6-11-23-18-10-8-7-9-16(18)19(22)21-15(5)17(12-13(2)3)14(4)20-21/h7-10,13H,6,11-12H2,1-5H3. The Morgan fingerprint density at radius 1 is 1.26 bits per heavy atom. The maximum atomic E-state index is 12.9. The molecule has 0 saturated heterocycles. The first kappa shape index (κ1) is 17.3. The maximum Gasteiger partial charge on any atom is 0.282 e. The molecule has 0 aliphatic heterocycles. The number of carbonyl (C=O) groups is 1. The Kier molecular flexibility index (Phi) is 5.59. The van der Waals surface area contributed by atoms with E-state index in [0.717, 1.165) is 24.2 Å². The molecule has 0 fully saturated rings. The molecule has 0 atom stereocenters. The normalized spacial score (nSPS) is 11.0. The van der Waals surface area contributed by atoms with Crippen LogP contribution in [-0.4, -0.2) is 22.3 Å². The molecule has 124 valence electrons. The van der Waals surface area contributed by atoms with E-state index < -0.39 is 0 Å². The summed E-state index contributed by atoms with van der Waals surface area (Å²) in [5, 5.41) is 4.47. The van der Waals surface area contributed by atoms with E-state index in [1.807, 2.05) is 39.0 Å². The van der Waals surface area contributed by atoms with Gasteiger partial charge in [0.05, 0.1) is 17.9 Å². The minimum absolute atomic E-state index is 0.132. The summed E-state index contributed by atoms with van der Waals surface area (Å²) in [6.45, 7) is 10.9. The van der Waals surface area contributed by atoms with Crippen molar-refractivity contribution in [1.29, 1.82) is 0 Å². The highest BCUT2D eigenvalue weighted by molar-refractivity contribution is 5.98. The second-order valence-electron chi connectivity index (χ2n) is 6.31. The molecule has 0 saturated carbocycles. The predicted octanol–water partition coefficient (Wildman–Crippen LogP) is 4.18. The lowest BCUT2D eigenvalue weighted by Crippen LogP contribution is -2.17. The lowest BCUT2D eigenvalue weighted by Gasteiger charge is -2.11. The van der Waals surface area contributed by atoms with Crippen molar-refractivity contribution >= 4 is 5.91 Å². The zero-order valence-electron chi connectivity index (χ0n) is 14.7. The van der Waals surface area contributed by atoms with Gasteiger partial charge in [-0.15, -0.1) is 0 Å². The number of benzene rings is 1. The molecular formula is C19H26N2O2. The topological polar surface area (TPSA) is 44.1 Å². The van der Waals surface area contributed by atoms with Crippen LogP contribution in [-0.2, 0) is 6.42 Å². The molecule has 0 spiro atoms. The van der Waals surface area contributed by atoms with E-state index in [4.69, 9.17) is 4.74 Å². The van der Waals surface area contributed by atoms with Crippen molar-refractivity contribution in [3.8, 4) is 5.75 Å². The van der Waals surface area contributed by atoms with Crippen molar-refractivity contribution in [3.05, 3.63) is 46.8 Å². The van der Waals surface area contributed by atoms with Gasteiger partial charge in [0.25, 0.3) is 5.91 Å². The van der Waals surface area contributed by atoms with Crippen LogP contribution in [0.4, 0.5) is 0 Å². The first-order valence-corrected chi connectivity index (χ1v) is 8.27. The van der Waals surface area contributed by atoms with Crippen LogP contribution in [0.5, 0.6) is 5.75 Å². The Hall–Kier alpha value is -2.10. The van der Waals surface area contributed by atoms with Gasteiger partial charge in [-0.1, -0.05) is 32.9 Å². The summed E-state index contributed by atoms with van der Waals surface area (Å²) >= 11 is 0. The number of para-hydroxylation sites is 1. The lowest BCUT2D eigenvalue weighted by atomic mass is 10.0. The van der Waals surface area contributed by atoms with Crippen LogP contribution in [0.25, 0.3) is 0 Å². The summed E-state index contributed by atoms with van der Waals surface area (Å²) in [4.78, 5) is 12.9. The molecule has 2 aromatic rings. The molecule has 0 bridgehead atoms. The first-order chi connectivity index (χ1) is 11.0. The van der Waals surface area contributed by atoms with E-state index in [1.165, 1.54) is 10.2 Å². The molecular weight excluding hydrogens is 288 g/mol. The van der Waals surface area contributed by atoms with Crippen molar-refractivity contribution in [2.45, 2.75) is 47.5 Å². The van der Waals surface area contributed by atoms with Gasteiger partial charge >= 0.3 is 0 Å². The fraction of sp³-hybridized carbons (Fsp3) is 0.474. The van der Waals surface area contributed by atoms with Crippen LogP contribution in [0.1, 0.15) is 54.5 Å². The quantitative estimate of drug-likeness (QED) is 0.803. The molecule has 1 aromatic carbocycles. The van der Waals surface area contributed by atoms with E-state index >= 15 is 0 Å². The fourth-order valence-corrected chi connectivity index (χ4v) is 2.67. The molecule has 0 aliphatic carbocycles. The van der Waals surface area contributed by atoms with Crippen LogP contribution in [0.15, 0.2) is 24.3 Å². The van der Waals surface area contributed by atoms with E-state index in [1.54, 1.807) is 6.07 Å². The average Bonchev–Trinajstić information content (AvgIpc) is 2.80. The van der Waals surface area contributed by atoms with Gasteiger partial charge in [-0.2, -0.15) is 5.10 Å². The number of rotatable bonds is 6.